The van der Waals surface area contributed by atoms with E-state index in [9.17, 15) is 18.0 Å². The van der Waals surface area contributed by atoms with Crippen LogP contribution in [0, 0.1) is 0 Å². The van der Waals surface area contributed by atoms with Crippen molar-refractivity contribution in [1.29, 1.82) is 0 Å². The van der Waals surface area contributed by atoms with Gasteiger partial charge in [0.25, 0.3) is 0 Å². The van der Waals surface area contributed by atoms with Gasteiger partial charge < -0.3 is 10.2 Å². The Hall–Kier alpha value is -3.53. The molecule has 0 aliphatic heterocycles. The molecule has 4 aromatic rings. The molecule has 0 spiro atoms. The lowest BCUT2D eigenvalue weighted by molar-refractivity contribution is -0.141. The molecule has 2 amide bonds. The van der Waals surface area contributed by atoms with Crippen LogP contribution >= 0.6 is 15.9 Å². The molecule has 1 N–H and O–H groups in total. The smallest absolute Gasteiger partial charge is 0.243 e. The number of fused-ring (bicyclic) bond motifs is 1. The molecule has 0 heterocycles. The Morgan fingerprint density at radius 3 is 2.15 bits per heavy atom. The predicted octanol–water partition coefficient (Wildman–Crippen LogP) is 4.61. The number of carbonyl (C=O) groups is 2. The highest BCUT2D eigenvalue weighted by Gasteiger charge is 2.32. The lowest BCUT2D eigenvalue weighted by Crippen LogP contribution is -2.52. The van der Waals surface area contributed by atoms with Crippen molar-refractivity contribution in [1.82, 2.24) is 14.5 Å². The Bertz CT molecular complexity index is 1560. The molecular weight excluding hydrogens is 578 g/mol. The number of nitrogens with one attached hydrogen (secondary N) is 1. The van der Waals surface area contributed by atoms with E-state index in [0.717, 1.165) is 30.7 Å². The third kappa shape index (κ3) is 6.92. The van der Waals surface area contributed by atoms with E-state index in [4.69, 9.17) is 0 Å². The second-order valence-electron chi connectivity index (χ2n) is 9.24. The molecule has 0 bridgehead atoms. The van der Waals surface area contributed by atoms with E-state index in [0.29, 0.717) is 0 Å². The second-order valence-corrected chi connectivity index (χ2v) is 12.2. The average Bonchev–Trinajstić information content (AvgIpc) is 2.95. The fourth-order valence-electron chi connectivity index (χ4n) is 4.38. The van der Waals surface area contributed by atoms with Gasteiger partial charge in [-0.05, 0) is 46.2 Å². The van der Waals surface area contributed by atoms with Gasteiger partial charge in [-0.15, -0.1) is 0 Å². The molecule has 0 aliphatic rings. The number of halogens is 1. The van der Waals surface area contributed by atoms with Crippen molar-refractivity contribution < 1.29 is 18.0 Å². The van der Waals surface area contributed by atoms with E-state index in [1.165, 1.54) is 19.0 Å². The van der Waals surface area contributed by atoms with Crippen LogP contribution in [0.1, 0.15) is 11.1 Å². The summed E-state index contributed by atoms with van der Waals surface area (Å²) in [5.74, 6) is -0.807. The zero-order valence-electron chi connectivity index (χ0n) is 21.7. The summed E-state index contributed by atoms with van der Waals surface area (Å²) >= 11 is 3.42. The number of nitrogens with zero attached hydrogens (tertiary/aromatic N) is 2. The van der Waals surface area contributed by atoms with Crippen molar-refractivity contribution in [2.24, 2.45) is 0 Å². The van der Waals surface area contributed by atoms with E-state index in [-0.39, 0.29) is 23.8 Å². The Balaban J connectivity index is 1.64. The fourth-order valence-corrected chi connectivity index (χ4v) is 5.80. The highest BCUT2D eigenvalue weighted by molar-refractivity contribution is 9.10. The molecule has 7 nitrogen and oxygen atoms in total. The van der Waals surface area contributed by atoms with Crippen LogP contribution in [-0.2, 0) is 32.6 Å². The van der Waals surface area contributed by atoms with Crippen LogP contribution in [0.2, 0.25) is 0 Å². The monoisotopic (exact) mass is 607 g/mol. The van der Waals surface area contributed by atoms with Gasteiger partial charge in [-0.2, -0.15) is 4.31 Å². The lowest BCUT2D eigenvalue weighted by atomic mass is 10.0. The Morgan fingerprint density at radius 2 is 1.49 bits per heavy atom. The van der Waals surface area contributed by atoms with E-state index >= 15 is 0 Å². The molecule has 0 fully saturated rings. The van der Waals surface area contributed by atoms with Crippen LogP contribution in [-0.4, -0.2) is 56.1 Å². The predicted molar refractivity (Wildman–Crippen MR) is 156 cm³/mol. The normalized spacial score (nSPS) is 12.3. The number of hydrogen-bond donors (Lipinski definition) is 1. The largest absolute Gasteiger partial charge is 0.357 e. The van der Waals surface area contributed by atoms with Crippen molar-refractivity contribution in [3.8, 4) is 0 Å². The van der Waals surface area contributed by atoms with Crippen LogP contribution in [0.25, 0.3) is 10.8 Å². The molecule has 0 saturated carbocycles. The summed E-state index contributed by atoms with van der Waals surface area (Å²) < 4.78 is 28.8. The first kappa shape index (κ1) is 28.5. The highest BCUT2D eigenvalue weighted by Crippen LogP contribution is 2.22. The van der Waals surface area contributed by atoms with Crippen LogP contribution < -0.4 is 5.32 Å². The van der Waals surface area contributed by atoms with Crippen molar-refractivity contribution >= 4 is 48.5 Å². The van der Waals surface area contributed by atoms with Gasteiger partial charge in [0.2, 0.25) is 21.8 Å². The summed E-state index contributed by atoms with van der Waals surface area (Å²) in [5.41, 5.74) is 1.70. The molecule has 39 heavy (non-hydrogen) atoms. The summed E-state index contributed by atoms with van der Waals surface area (Å²) in [6.45, 7) is -0.283. The van der Waals surface area contributed by atoms with Crippen molar-refractivity contribution in [2.75, 3.05) is 20.6 Å². The third-order valence-electron chi connectivity index (χ3n) is 6.57. The molecule has 0 radical (unpaired) electrons. The molecule has 0 aliphatic carbocycles. The Labute approximate surface area is 237 Å². The molecule has 0 aromatic heterocycles. The number of amides is 2. The van der Waals surface area contributed by atoms with Crippen LogP contribution in [0.5, 0.6) is 0 Å². The standard InChI is InChI=1S/C30H30BrN3O4S/c1-32-30(36)28(18-22-8-4-3-5-9-22)34(20-23-12-15-26(31)16-13-23)29(35)21-33(2)39(37,38)27-17-14-24-10-6-7-11-25(24)19-27/h3-17,19,28H,18,20-21H2,1-2H3,(H,32,36). The van der Waals surface area contributed by atoms with Crippen molar-refractivity contribution in [2.45, 2.75) is 23.9 Å². The minimum Gasteiger partial charge on any atom is -0.357 e. The number of hydrogen-bond acceptors (Lipinski definition) is 4. The molecule has 1 atom stereocenters. The SMILES string of the molecule is CNC(=O)C(Cc1ccccc1)N(Cc1ccc(Br)cc1)C(=O)CN(C)S(=O)(=O)c1ccc2ccccc2c1. The number of sulfonamides is 1. The number of benzene rings is 4. The molecule has 1 unspecified atom stereocenters. The third-order valence-corrected chi connectivity index (χ3v) is 8.90. The van der Waals surface area contributed by atoms with Gasteiger partial charge in [0.05, 0.1) is 11.4 Å². The quantitative estimate of drug-likeness (QED) is 0.285. The van der Waals surface area contributed by atoms with Crippen molar-refractivity contribution in [3.05, 3.63) is 113 Å². The fraction of sp³-hybridized carbons (Fsp3) is 0.200. The lowest BCUT2D eigenvalue weighted by Gasteiger charge is -2.32. The van der Waals surface area contributed by atoms with Gasteiger partial charge >= 0.3 is 0 Å². The van der Waals surface area contributed by atoms with E-state index in [1.807, 2.05) is 78.9 Å². The maximum Gasteiger partial charge on any atom is 0.243 e. The van der Waals surface area contributed by atoms with Gasteiger partial charge in [-0.3, -0.25) is 9.59 Å². The minimum absolute atomic E-state index is 0.100. The topological polar surface area (TPSA) is 86.8 Å². The number of likely N-dealkylation sites (N-methyl/N-ethyl adjacent to an activating group) is 2. The maximum atomic E-state index is 13.8. The summed E-state index contributed by atoms with van der Waals surface area (Å²) in [7, 11) is -1.06. The highest BCUT2D eigenvalue weighted by atomic mass is 79.9. The van der Waals surface area contributed by atoms with E-state index < -0.39 is 28.5 Å². The van der Waals surface area contributed by atoms with Gasteiger partial charge in [0, 0.05) is 31.5 Å². The van der Waals surface area contributed by atoms with Crippen LogP contribution in [0.15, 0.2) is 106 Å². The summed E-state index contributed by atoms with van der Waals surface area (Å²) in [5, 5.41) is 4.38. The molecule has 4 aromatic carbocycles. The van der Waals surface area contributed by atoms with E-state index in [1.54, 1.807) is 18.2 Å². The van der Waals surface area contributed by atoms with Crippen molar-refractivity contribution in [3.63, 3.8) is 0 Å². The first-order chi connectivity index (χ1) is 18.7. The Kier molecular flexibility index (Phi) is 9.16. The average molecular weight is 609 g/mol. The molecule has 9 heteroatoms. The number of carbonyl (C=O) groups excluding carboxylic acids is 2. The minimum atomic E-state index is -3.97. The second kappa shape index (κ2) is 12.5. The van der Waals surface area contributed by atoms with Gasteiger partial charge in [0.1, 0.15) is 6.04 Å². The first-order valence-electron chi connectivity index (χ1n) is 12.4. The Morgan fingerprint density at radius 1 is 0.846 bits per heavy atom. The molecular formula is C30H30BrN3O4S. The van der Waals surface area contributed by atoms with Gasteiger partial charge in [-0.25, -0.2) is 8.42 Å². The van der Waals surface area contributed by atoms with Crippen LogP contribution in [0.3, 0.4) is 0 Å². The molecule has 0 saturated heterocycles. The molecule has 4 rings (SSSR count). The van der Waals surface area contributed by atoms with Crippen LogP contribution in [0.4, 0.5) is 0 Å². The summed E-state index contributed by atoms with van der Waals surface area (Å²) in [6, 6.07) is 28.4. The zero-order valence-corrected chi connectivity index (χ0v) is 24.2. The van der Waals surface area contributed by atoms with E-state index in [2.05, 4.69) is 21.2 Å². The summed E-state index contributed by atoms with van der Waals surface area (Å²) in [6.07, 6.45) is 0.282. The maximum absolute atomic E-state index is 13.8. The number of rotatable bonds is 10. The zero-order chi connectivity index (χ0) is 28.0. The first-order valence-corrected chi connectivity index (χ1v) is 14.7. The van der Waals surface area contributed by atoms with Gasteiger partial charge in [-0.1, -0.05) is 88.7 Å². The summed E-state index contributed by atoms with van der Waals surface area (Å²) in [4.78, 5) is 28.4. The molecule has 202 valence electrons. The van der Waals surface area contributed by atoms with Gasteiger partial charge in [0.15, 0.2) is 0 Å².